The summed E-state index contributed by atoms with van der Waals surface area (Å²) in [4.78, 5) is 23.2. The maximum absolute atomic E-state index is 11.5. The standard InChI is InChI=1S/C19H16N4O2S/c1-10-6-7-14-13(8-10)15-17-21-16(22-23(17)9-20-18(15)26-14)11-4-2-3-5-12(11)19(24)25/h2-5,9-10H,6-8H2,1H3,(H,24,25)/t10-/m1/s1. The molecule has 7 heteroatoms. The van der Waals surface area contributed by atoms with Gasteiger partial charge in [0, 0.05) is 10.4 Å². The van der Waals surface area contributed by atoms with E-state index in [-0.39, 0.29) is 5.56 Å². The molecule has 3 heterocycles. The fourth-order valence-electron chi connectivity index (χ4n) is 3.73. The SMILES string of the molecule is C[C@@H]1CCc2sc3ncn4nc(-c5ccccc5C(=O)O)nc4c3c2C1. The highest BCUT2D eigenvalue weighted by Crippen LogP contribution is 2.39. The lowest BCUT2D eigenvalue weighted by Gasteiger charge is -2.17. The zero-order chi connectivity index (χ0) is 17.8. The van der Waals surface area contributed by atoms with Crippen LogP contribution in [0, 0.1) is 5.92 Å². The Bertz CT molecular complexity index is 1180. The molecule has 1 aromatic carbocycles. The molecule has 4 aromatic rings. The third-order valence-electron chi connectivity index (χ3n) is 5.03. The summed E-state index contributed by atoms with van der Waals surface area (Å²) in [5, 5.41) is 15.0. The zero-order valence-corrected chi connectivity index (χ0v) is 15.0. The summed E-state index contributed by atoms with van der Waals surface area (Å²) in [6.45, 7) is 2.28. The summed E-state index contributed by atoms with van der Waals surface area (Å²) < 4.78 is 1.67. The van der Waals surface area contributed by atoms with Crippen molar-refractivity contribution >= 4 is 33.2 Å². The van der Waals surface area contributed by atoms with E-state index >= 15 is 0 Å². The number of benzene rings is 1. The van der Waals surface area contributed by atoms with Crippen LogP contribution in [0.15, 0.2) is 30.6 Å². The van der Waals surface area contributed by atoms with E-state index in [1.54, 1.807) is 46.4 Å². The highest BCUT2D eigenvalue weighted by atomic mass is 32.1. The number of thiophene rings is 1. The Kier molecular flexibility index (Phi) is 3.33. The average molecular weight is 364 g/mol. The largest absolute Gasteiger partial charge is 0.478 e. The van der Waals surface area contributed by atoms with Gasteiger partial charge in [-0.25, -0.2) is 19.3 Å². The number of hydrogen-bond donors (Lipinski definition) is 1. The number of hydrogen-bond acceptors (Lipinski definition) is 5. The first-order chi connectivity index (χ1) is 12.6. The van der Waals surface area contributed by atoms with Crippen LogP contribution in [-0.4, -0.2) is 30.7 Å². The molecule has 0 bridgehead atoms. The molecular weight excluding hydrogens is 348 g/mol. The smallest absolute Gasteiger partial charge is 0.336 e. The summed E-state index contributed by atoms with van der Waals surface area (Å²) in [5.41, 5.74) is 2.83. The maximum atomic E-state index is 11.5. The van der Waals surface area contributed by atoms with Crippen LogP contribution in [0.25, 0.3) is 27.3 Å². The van der Waals surface area contributed by atoms with E-state index in [0.717, 1.165) is 28.7 Å². The number of rotatable bonds is 2. The van der Waals surface area contributed by atoms with E-state index in [0.29, 0.717) is 17.3 Å². The monoisotopic (exact) mass is 364 g/mol. The normalized spacial score (nSPS) is 16.9. The van der Waals surface area contributed by atoms with Gasteiger partial charge < -0.3 is 5.11 Å². The van der Waals surface area contributed by atoms with Gasteiger partial charge in [0.1, 0.15) is 11.2 Å². The second-order valence-corrected chi connectivity index (χ2v) is 7.91. The van der Waals surface area contributed by atoms with Crippen molar-refractivity contribution in [1.29, 1.82) is 0 Å². The first-order valence-electron chi connectivity index (χ1n) is 8.60. The summed E-state index contributed by atoms with van der Waals surface area (Å²) in [6.07, 6.45) is 5.00. The van der Waals surface area contributed by atoms with E-state index in [1.807, 2.05) is 0 Å². The highest BCUT2D eigenvalue weighted by molar-refractivity contribution is 7.19. The van der Waals surface area contributed by atoms with Gasteiger partial charge in [-0.1, -0.05) is 25.1 Å². The van der Waals surface area contributed by atoms with Gasteiger partial charge in [0.25, 0.3) is 0 Å². The quantitative estimate of drug-likeness (QED) is 0.585. The number of carboxylic acid groups (broad SMARTS) is 1. The molecule has 0 unspecified atom stereocenters. The van der Waals surface area contributed by atoms with E-state index in [1.165, 1.54) is 16.9 Å². The van der Waals surface area contributed by atoms with Gasteiger partial charge in [-0.05, 0) is 36.8 Å². The molecule has 0 radical (unpaired) electrons. The van der Waals surface area contributed by atoms with Crippen LogP contribution in [-0.2, 0) is 12.8 Å². The van der Waals surface area contributed by atoms with Crippen molar-refractivity contribution in [1.82, 2.24) is 19.6 Å². The van der Waals surface area contributed by atoms with Crippen molar-refractivity contribution in [2.45, 2.75) is 26.2 Å². The zero-order valence-electron chi connectivity index (χ0n) is 14.1. The number of carboxylic acids is 1. The van der Waals surface area contributed by atoms with Crippen molar-refractivity contribution < 1.29 is 9.90 Å². The molecule has 1 N–H and O–H groups in total. The Morgan fingerprint density at radius 1 is 1.35 bits per heavy atom. The lowest BCUT2D eigenvalue weighted by Crippen LogP contribution is -2.09. The van der Waals surface area contributed by atoms with Gasteiger partial charge in [-0.3, -0.25) is 0 Å². The Morgan fingerprint density at radius 2 is 2.19 bits per heavy atom. The number of aryl methyl sites for hydroxylation is 1. The van der Waals surface area contributed by atoms with Gasteiger partial charge in [0.2, 0.25) is 0 Å². The summed E-state index contributed by atoms with van der Waals surface area (Å²) in [7, 11) is 0. The van der Waals surface area contributed by atoms with Gasteiger partial charge in [-0.15, -0.1) is 16.4 Å². The van der Waals surface area contributed by atoms with Crippen molar-refractivity contribution in [2.75, 3.05) is 0 Å². The van der Waals surface area contributed by atoms with Crippen LogP contribution < -0.4 is 0 Å². The van der Waals surface area contributed by atoms with Crippen LogP contribution in [0.5, 0.6) is 0 Å². The molecule has 1 atom stereocenters. The lowest BCUT2D eigenvalue weighted by atomic mass is 9.89. The summed E-state index contributed by atoms with van der Waals surface area (Å²) in [6, 6.07) is 6.83. The molecule has 0 amide bonds. The predicted octanol–water partition coefficient (Wildman–Crippen LogP) is 3.83. The minimum absolute atomic E-state index is 0.202. The van der Waals surface area contributed by atoms with Gasteiger partial charge >= 0.3 is 5.97 Å². The Hall–Kier alpha value is -2.80. The molecule has 5 rings (SSSR count). The van der Waals surface area contributed by atoms with Crippen LogP contribution in [0.4, 0.5) is 0 Å². The Morgan fingerprint density at radius 3 is 3.04 bits per heavy atom. The van der Waals surface area contributed by atoms with Crippen LogP contribution >= 0.6 is 11.3 Å². The Balaban J connectivity index is 1.77. The second-order valence-electron chi connectivity index (χ2n) is 6.83. The summed E-state index contributed by atoms with van der Waals surface area (Å²) in [5.74, 6) is 0.0845. The topological polar surface area (TPSA) is 80.4 Å². The van der Waals surface area contributed by atoms with Crippen molar-refractivity contribution in [2.24, 2.45) is 5.92 Å². The second kappa shape index (κ2) is 5.60. The molecule has 0 spiro atoms. The predicted molar refractivity (Wildman–Crippen MR) is 99.7 cm³/mol. The fraction of sp³-hybridized carbons (Fsp3) is 0.263. The van der Waals surface area contributed by atoms with Crippen LogP contribution in [0.3, 0.4) is 0 Å². The maximum Gasteiger partial charge on any atom is 0.336 e. The molecule has 6 nitrogen and oxygen atoms in total. The van der Waals surface area contributed by atoms with Gasteiger partial charge in [0.05, 0.1) is 10.9 Å². The molecule has 0 aliphatic heterocycles. The molecule has 0 saturated carbocycles. The molecular formula is C19H16N4O2S. The van der Waals surface area contributed by atoms with Gasteiger partial charge in [0.15, 0.2) is 11.5 Å². The minimum atomic E-state index is -0.982. The Labute approximate surface area is 153 Å². The average Bonchev–Trinajstić information content (AvgIpc) is 3.22. The third kappa shape index (κ3) is 2.24. The first kappa shape index (κ1) is 15.5. The van der Waals surface area contributed by atoms with E-state index in [9.17, 15) is 9.90 Å². The molecule has 1 aliphatic carbocycles. The number of nitrogens with zero attached hydrogens (tertiary/aromatic N) is 4. The fourth-order valence-corrected chi connectivity index (χ4v) is 4.90. The van der Waals surface area contributed by atoms with E-state index in [4.69, 9.17) is 4.98 Å². The molecule has 1 aliphatic rings. The number of aromatic carboxylic acids is 1. The number of fused-ring (bicyclic) bond motifs is 5. The molecule has 130 valence electrons. The lowest BCUT2D eigenvalue weighted by molar-refractivity contribution is 0.0697. The third-order valence-corrected chi connectivity index (χ3v) is 6.23. The van der Waals surface area contributed by atoms with Crippen molar-refractivity contribution in [3.05, 3.63) is 46.6 Å². The molecule has 0 saturated heterocycles. The van der Waals surface area contributed by atoms with E-state index in [2.05, 4.69) is 17.0 Å². The molecule has 26 heavy (non-hydrogen) atoms. The highest BCUT2D eigenvalue weighted by Gasteiger charge is 2.24. The first-order valence-corrected chi connectivity index (χ1v) is 9.42. The van der Waals surface area contributed by atoms with Crippen molar-refractivity contribution in [3.8, 4) is 11.4 Å². The summed E-state index contributed by atoms with van der Waals surface area (Å²) >= 11 is 1.74. The molecule has 3 aromatic heterocycles. The van der Waals surface area contributed by atoms with E-state index < -0.39 is 5.97 Å². The van der Waals surface area contributed by atoms with Crippen LogP contribution in [0.1, 0.15) is 34.1 Å². The van der Waals surface area contributed by atoms with Gasteiger partial charge in [-0.2, -0.15) is 0 Å². The molecule has 0 fully saturated rings. The number of carbonyl (C=O) groups is 1. The van der Waals surface area contributed by atoms with Crippen LogP contribution in [0.2, 0.25) is 0 Å². The number of aromatic nitrogens is 4. The van der Waals surface area contributed by atoms with Crippen molar-refractivity contribution in [3.63, 3.8) is 0 Å². The minimum Gasteiger partial charge on any atom is -0.478 e.